The van der Waals surface area contributed by atoms with Crippen molar-refractivity contribution in [3.05, 3.63) is 36.4 Å². The standard InChI is InChI=1S/C14H20N4O2S/c19-21(20,17-12-5-1-2-6-12)16-9-8-14-15-11-13-7-3-4-10-18(13)14/h3-4,7,10-12,16-17H,1-2,5-6,8-9H2. The molecule has 0 unspecified atom stereocenters. The van der Waals surface area contributed by atoms with Gasteiger partial charge in [-0.2, -0.15) is 13.1 Å². The highest BCUT2D eigenvalue weighted by molar-refractivity contribution is 7.87. The van der Waals surface area contributed by atoms with Crippen molar-refractivity contribution < 1.29 is 8.42 Å². The van der Waals surface area contributed by atoms with Crippen molar-refractivity contribution in [1.82, 2.24) is 18.8 Å². The van der Waals surface area contributed by atoms with E-state index in [0.29, 0.717) is 13.0 Å². The third kappa shape index (κ3) is 3.61. The summed E-state index contributed by atoms with van der Waals surface area (Å²) in [6.07, 6.45) is 8.37. The maximum atomic E-state index is 11.9. The lowest BCUT2D eigenvalue weighted by Crippen LogP contribution is -2.42. The number of imidazole rings is 1. The molecule has 21 heavy (non-hydrogen) atoms. The number of nitrogens with one attached hydrogen (secondary N) is 2. The first-order valence-electron chi connectivity index (χ1n) is 7.32. The van der Waals surface area contributed by atoms with E-state index in [9.17, 15) is 8.42 Å². The topological polar surface area (TPSA) is 75.5 Å². The van der Waals surface area contributed by atoms with Crippen molar-refractivity contribution in [2.75, 3.05) is 6.54 Å². The number of fused-ring (bicyclic) bond motifs is 1. The van der Waals surface area contributed by atoms with Gasteiger partial charge in [-0.1, -0.05) is 18.9 Å². The lowest BCUT2D eigenvalue weighted by molar-refractivity contribution is 0.538. The predicted molar refractivity (Wildman–Crippen MR) is 81.2 cm³/mol. The minimum atomic E-state index is -3.41. The first kappa shape index (κ1) is 14.5. The Labute approximate surface area is 124 Å². The van der Waals surface area contributed by atoms with Crippen LogP contribution >= 0.6 is 0 Å². The van der Waals surface area contributed by atoms with Crippen LogP contribution in [0.4, 0.5) is 0 Å². The van der Waals surface area contributed by atoms with E-state index in [1.165, 1.54) is 0 Å². The zero-order valence-electron chi connectivity index (χ0n) is 11.8. The predicted octanol–water partition coefficient (Wildman–Crippen LogP) is 1.24. The Morgan fingerprint density at radius 3 is 2.90 bits per heavy atom. The molecule has 0 bridgehead atoms. The van der Waals surface area contributed by atoms with Gasteiger partial charge in [-0.3, -0.25) is 0 Å². The second-order valence-electron chi connectivity index (χ2n) is 5.42. The molecule has 1 saturated carbocycles. The summed E-state index contributed by atoms with van der Waals surface area (Å²) >= 11 is 0. The van der Waals surface area contributed by atoms with Crippen LogP contribution in [-0.2, 0) is 16.6 Å². The normalized spacial score (nSPS) is 16.8. The summed E-state index contributed by atoms with van der Waals surface area (Å²) < 4.78 is 31.1. The summed E-state index contributed by atoms with van der Waals surface area (Å²) in [7, 11) is -3.41. The van der Waals surface area contributed by atoms with Crippen LogP contribution in [0.25, 0.3) is 5.52 Å². The zero-order valence-corrected chi connectivity index (χ0v) is 12.6. The first-order valence-corrected chi connectivity index (χ1v) is 8.80. The molecule has 2 N–H and O–H groups in total. The van der Waals surface area contributed by atoms with Crippen LogP contribution in [-0.4, -0.2) is 30.4 Å². The van der Waals surface area contributed by atoms with Gasteiger partial charge in [-0.15, -0.1) is 0 Å². The van der Waals surface area contributed by atoms with Gasteiger partial charge in [0.05, 0.1) is 11.7 Å². The molecule has 0 spiro atoms. The van der Waals surface area contributed by atoms with Gasteiger partial charge in [0.2, 0.25) is 0 Å². The fraction of sp³-hybridized carbons (Fsp3) is 0.500. The highest BCUT2D eigenvalue weighted by atomic mass is 32.2. The Balaban J connectivity index is 1.55. The molecule has 7 heteroatoms. The van der Waals surface area contributed by atoms with Crippen LogP contribution in [0.2, 0.25) is 0 Å². The Bertz CT molecular complexity index is 705. The average Bonchev–Trinajstić information content (AvgIpc) is 3.08. The average molecular weight is 308 g/mol. The van der Waals surface area contributed by atoms with E-state index in [-0.39, 0.29) is 6.04 Å². The number of pyridine rings is 1. The summed E-state index contributed by atoms with van der Waals surface area (Å²) in [5.41, 5.74) is 1.01. The summed E-state index contributed by atoms with van der Waals surface area (Å²) in [6.45, 7) is 0.343. The summed E-state index contributed by atoms with van der Waals surface area (Å²) in [6, 6.07) is 5.95. The maximum Gasteiger partial charge on any atom is 0.277 e. The molecule has 0 saturated heterocycles. The van der Waals surface area contributed by atoms with Crippen molar-refractivity contribution in [2.24, 2.45) is 0 Å². The van der Waals surface area contributed by atoms with Crippen LogP contribution in [0.15, 0.2) is 30.6 Å². The molecular weight excluding hydrogens is 288 g/mol. The smallest absolute Gasteiger partial charge is 0.277 e. The van der Waals surface area contributed by atoms with Gasteiger partial charge in [0, 0.05) is 25.2 Å². The summed E-state index contributed by atoms with van der Waals surface area (Å²) in [4.78, 5) is 4.33. The molecule has 6 nitrogen and oxygen atoms in total. The zero-order chi connectivity index (χ0) is 14.7. The number of aromatic nitrogens is 2. The molecule has 0 atom stereocenters. The van der Waals surface area contributed by atoms with Crippen molar-refractivity contribution >= 4 is 15.7 Å². The third-order valence-electron chi connectivity index (χ3n) is 3.83. The van der Waals surface area contributed by atoms with E-state index < -0.39 is 10.2 Å². The Hall–Kier alpha value is -1.44. The molecule has 2 aromatic heterocycles. The fourth-order valence-corrected chi connectivity index (χ4v) is 3.92. The van der Waals surface area contributed by atoms with Gasteiger partial charge in [-0.05, 0) is 25.0 Å². The molecule has 2 aromatic rings. The van der Waals surface area contributed by atoms with E-state index in [1.807, 2.05) is 28.8 Å². The van der Waals surface area contributed by atoms with Gasteiger partial charge in [-0.25, -0.2) is 9.71 Å². The minimum Gasteiger partial charge on any atom is -0.304 e. The van der Waals surface area contributed by atoms with Crippen LogP contribution < -0.4 is 9.44 Å². The highest BCUT2D eigenvalue weighted by Gasteiger charge is 2.20. The van der Waals surface area contributed by atoms with E-state index in [0.717, 1.165) is 37.0 Å². The second-order valence-corrected chi connectivity index (χ2v) is 6.95. The van der Waals surface area contributed by atoms with Gasteiger partial charge < -0.3 is 4.40 Å². The number of rotatable bonds is 6. The number of hydrogen-bond acceptors (Lipinski definition) is 3. The van der Waals surface area contributed by atoms with E-state index in [2.05, 4.69) is 14.4 Å². The summed E-state index contributed by atoms with van der Waals surface area (Å²) in [5, 5.41) is 0. The van der Waals surface area contributed by atoms with Crippen LogP contribution in [0.3, 0.4) is 0 Å². The first-order chi connectivity index (χ1) is 10.1. The van der Waals surface area contributed by atoms with Gasteiger partial charge >= 0.3 is 0 Å². The highest BCUT2D eigenvalue weighted by Crippen LogP contribution is 2.18. The van der Waals surface area contributed by atoms with Crippen molar-refractivity contribution in [2.45, 2.75) is 38.1 Å². The van der Waals surface area contributed by atoms with Crippen LogP contribution in [0.1, 0.15) is 31.5 Å². The molecule has 1 aliphatic rings. The molecular formula is C14H20N4O2S. The number of hydrogen-bond donors (Lipinski definition) is 2. The van der Waals surface area contributed by atoms with Crippen molar-refractivity contribution in [3.8, 4) is 0 Å². The van der Waals surface area contributed by atoms with E-state index >= 15 is 0 Å². The number of nitrogens with zero attached hydrogens (tertiary/aromatic N) is 2. The Morgan fingerprint density at radius 1 is 1.29 bits per heavy atom. The molecule has 1 aliphatic carbocycles. The van der Waals surface area contributed by atoms with Crippen molar-refractivity contribution in [3.63, 3.8) is 0 Å². The molecule has 0 radical (unpaired) electrons. The molecule has 114 valence electrons. The quantitative estimate of drug-likeness (QED) is 0.843. The van der Waals surface area contributed by atoms with Gasteiger partial charge in [0.25, 0.3) is 10.2 Å². The lowest BCUT2D eigenvalue weighted by atomic mass is 10.3. The minimum absolute atomic E-state index is 0.0924. The van der Waals surface area contributed by atoms with E-state index in [1.54, 1.807) is 6.20 Å². The van der Waals surface area contributed by atoms with E-state index in [4.69, 9.17) is 0 Å². The molecule has 0 amide bonds. The Morgan fingerprint density at radius 2 is 2.10 bits per heavy atom. The molecule has 1 fully saturated rings. The molecule has 0 aromatic carbocycles. The molecule has 2 heterocycles. The molecule has 0 aliphatic heterocycles. The van der Waals surface area contributed by atoms with Crippen molar-refractivity contribution in [1.29, 1.82) is 0 Å². The maximum absolute atomic E-state index is 11.9. The fourth-order valence-electron chi connectivity index (χ4n) is 2.79. The summed E-state index contributed by atoms with van der Waals surface area (Å²) in [5.74, 6) is 0.856. The third-order valence-corrected chi connectivity index (χ3v) is 5.06. The van der Waals surface area contributed by atoms with Gasteiger partial charge in [0.1, 0.15) is 5.82 Å². The second kappa shape index (κ2) is 6.13. The monoisotopic (exact) mass is 308 g/mol. The molecule has 3 rings (SSSR count). The lowest BCUT2D eigenvalue weighted by Gasteiger charge is -2.13. The SMILES string of the molecule is O=S(=O)(NCCc1ncc2ccccn12)NC1CCCC1. The van der Waals surface area contributed by atoms with Gasteiger partial charge in [0.15, 0.2) is 0 Å². The van der Waals surface area contributed by atoms with Crippen LogP contribution in [0, 0.1) is 0 Å². The van der Waals surface area contributed by atoms with Crippen LogP contribution in [0.5, 0.6) is 0 Å². The largest absolute Gasteiger partial charge is 0.304 e. The Kier molecular flexibility index (Phi) is 4.23.